The van der Waals surface area contributed by atoms with Crippen LogP contribution in [0.4, 0.5) is 4.39 Å². The second-order valence-corrected chi connectivity index (χ2v) is 5.25. The molecule has 2 rings (SSSR count). The van der Waals surface area contributed by atoms with E-state index in [0.29, 0.717) is 24.4 Å². The number of ether oxygens (including phenoxy) is 2. The summed E-state index contributed by atoms with van der Waals surface area (Å²) >= 11 is 0. The van der Waals surface area contributed by atoms with Crippen LogP contribution in [0.2, 0.25) is 0 Å². The minimum atomic E-state index is -0.236. The summed E-state index contributed by atoms with van der Waals surface area (Å²) in [4.78, 5) is 0. The van der Waals surface area contributed by atoms with E-state index in [-0.39, 0.29) is 5.82 Å². The molecule has 3 heteroatoms. The molecule has 0 atom stereocenters. The molecule has 0 unspecified atom stereocenters. The van der Waals surface area contributed by atoms with Gasteiger partial charge < -0.3 is 9.47 Å². The zero-order valence-electron chi connectivity index (χ0n) is 11.8. The summed E-state index contributed by atoms with van der Waals surface area (Å²) in [6, 6.07) is 5.41. The van der Waals surface area contributed by atoms with E-state index in [1.165, 1.54) is 0 Å². The molecule has 0 aliphatic heterocycles. The van der Waals surface area contributed by atoms with Crippen molar-refractivity contribution < 1.29 is 13.9 Å². The largest absolute Gasteiger partial charge is 0.491 e. The van der Waals surface area contributed by atoms with Gasteiger partial charge in [-0.2, -0.15) is 0 Å². The van der Waals surface area contributed by atoms with Crippen LogP contribution in [0, 0.1) is 5.82 Å². The van der Waals surface area contributed by atoms with Gasteiger partial charge in [0.15, 0.2) is 11.6 Å². The zero-order chi connectivity index (χ0) is 13.7. The summed E-state index contributed by atoms with van der Waals surface area (Å²) < 4.78 is 24.7. The third-order valence-electron chi connectivity index (χ3n) is 3.90. The molecule has 0 bridgehead atoms. The predicted molar refractivity (Wildman–Crippen MR) is 74.2 cm³/mol. The molecule has 19 heavy (non-hydrogen) atoms. The summed E-state index contributed by atoms with van der Waals surface area (Å²) in [7, 11) is 1.77. The molecule has 1 saturated carbocycles. The molecule has 0 N–H and O–H groups in total. The lowest BCUT2D eigenvalue weighted by Gasteiger charge is -2.28. The van der Waals surface area contributed by atoms with Gasteiger partial charge in [0.25, 0.3) is 0 Å². The maximum absolute atomic E-state index is 13.9. The van der Waals surface area contributed by atoms with Crippen LogP contribution in [-0.4, -0.2) is 19.8 Å². The van der Waals surface area contributed by atoms with Crippen molar-refractivity contribution in [3.8, 4) is 5.75 Å². The topological polar surface area (TPSA) is 18.5 Å². The summed E-state index contributed by atoms with van der Waals surface area (Å²) in [5.41, 5.74) is 1.09. The molecule has 1 aromatic rings. The Morgan fingerprint density at radius 1 is 1.21 bits per heavy atom. The molecule has 0 heterocycles. The Kier molecular flexibility index (Phi) is 5.20. The predicted octanol–water partition coefficient (Wildman–Crippen LogP) is 4.29. The monoisotopic (exact) mass is 266 g/mol. The minimum absolute atomic E-state index is 0.236. The maximum Gasteiger partial charge on any atom is 0.165 e. The lowest BCUT2D eigenvalue weighted by atomic mass is 9.82. The Bertz CT molecular complexity index is 398. The number of hydrogen-bond donors (Lipinski definition) is 0. The third kappa shape index (κ3) is 3.69. The number of methoxy groups -OCH3 is 1. The Morgan fingerprint density at radius 2 is 1.95 bits per heavy atom. The molecule has 0 amide bonds. The summed E-state index contributed by atoms with van der Waals surface area (Å²) in [5.74, 6) is 0.595. The van der Waals surface area contributed by atoms with E-state index in [4.69, 9.17) is 9.47 Å². The molecule has 2 nitrogen and oxygen atoms in total. The summed E-state index contributed by atoms with van der Waals surface area (Å²) in [6.45, 7) is 2.58. The van der Waals surface area contributed by atoms with E-state index in [0.717, 1.165) is 37.7 Å². The molecule has 1 aromatic carbocycles. The molecule has 1 aliphatic rings. The van der Waals surface area contributed by atoms with Gasteiger partial charge in [-0.05, 0) is 55.7 Å². The number of halogens is 1. The third-order valence-corrected chi connectivity index (χ3v) is 3.90. The van der Waals surface area contributed by atoms with E-state index < -0.39 is 0 Å². The van der Waals surface area contributed by atoms with Crippen LogP contribution in [-0.2, 0) is 4.74 Å². The fourth-order valence-corrected chi connectivity index (χ4v) is 2.73. The van der Waals surface area contributed by atoms with E-state index in [1.54, 1.807) is 19.2 Å². The smallest absolute Gasteiger partial charge is 0.165 e. The average molecular weight is 266 g/mol. The van der Waals surface area contributed by atoms with Gasteiger partial charge >= 0.3 is 0 Å². The van der Waals surface area contributed by atoms with Gasteiger partial charge in [-0.15, -0.1) is 0 Å². The van der Waals surface area contributed by atoms with Crippen molar-refractivity contribution in [3.05, 3.63) is 29.6 Å². The Hall–Kier alpha value is -1.09. The molecule has 0 spiro atoms. The van der Waals surface area contributed by atoms with Gasteiger partial charge in [0.05, 0.1) is 12.7 Å². The van der Waals surface area contributed by atoms with Crippen molar-refractivity contribution >= 4 is 0 Å². The highest BCUT2D eigenvalue weighted by Gasteiger charge is 2.22. The molecular weight excluding hydrogens is 243 g/mol. The maximum atomic E-state index is 13.9. The van der Waals surface area contributed by atoms with Crippen LogP contribution in [0.1, 0.15) is 50.5 Å². The lowest BCUT2D eigenvalue weighted by Crippen LogP contribution is -2.19. The van der Waals surface area contributed by atoms with Crippen LogP contribution < -0.4 is 4.74 Å². The van der Waals surface area contributed by atoms with E-state index in [1.807, 2.05) is 13.0 Å². The van der Waals surface area contributed by atoms with Crippen LogP contribution in [0.25, 0.3) is 0 Å². The minimum Gasteiger partial charge on any atom is -0.491 e. The molecule has 106 valence electrons. The highest BCUT2D eigenvalue weighted by molar-refractivity contribution is 5.31. The molecule has 0 radical (unpaired) electrons. The lowest BCUT2D eigenvalue weighted by molar-refractivity contribution is 0.0658. The molecule has 1 fully saturated rings. The van der Waals surface area contributed by atoms with Gasteiger partial charge in [-0.1, -0.05) is 13.0 Å². The molecular formula is C16H23FO2. The number of rotatable bonds is 5. The quantitative estimate of drug-likeness (QED) is 0.791. The Labute approximate surface area is 114 Å². The normalized spacial score (nSPS) is 23.3. The first-order chi connectivity index (χ1) is 9.24. The summed E-state index contributed by atoms with van der Waals surface area (Å²) in [6.07, 6.45) is 5.56. The Balaban J connectivity index is 1.99. The second-order valence-electron chi connectivity index (χ2n) is 5.25. The SMILES string of the molecule is CCCOc1ccc(C2CCC(OC)CC2)cc1F. The van der Waals surface area contributed by atoms with Crippen molar-refractivity contribution in [1.29, 1.82) is 0 Å². The fourth-order valence-electron chi connectivity index (χ4n) is 2.73. The fraction of sp³-hybridized carbons (Fsp3) is 0.625. The molecule has 0 aromatic heterocycles. The van der Waals surface area contributed by atoms with Crippen LogP contribution in [0.15, 0.2) is 18.2 Å². The van der Waals surface area contributed by atoms with Crippen molar-refractivity contribution in [3.63, 3.8) is 0 Å². The van der Waals surface area contributed by atoms with Gasteiger partial charge in [0.2, 0.25) is 0 Å². The first-order valence-corrected chi connectivity index (χ1v) is 7.19. The van der Waals surface area contributed by atoms with Crippen LogP contribution in [0.5, 0.6) is 5.75 Å². The van der Waals surface area contributed by atoms with Crippen LogP contribution >= 0.6 is 0 Å². The number of benzene rings is 1. The summed E-state index contributed by atoms with van der Waals surface area (Å²) in [5, 5.41) is 0. The van der Waals surface area contributed by atoms with Crippen molar-refractivity contribution in [2.24, 2.45) is 0 Å². The van der Waals surface area contributed by atoms with Gasteiger partial charge in [-0.3, -0.25) is 0 Å². The van der Waals surface area contributed by atoms with Crippen LogP contribution in [0.3, 0.4) is 0 Å². The average Bonchev–Trinajstić information content (AvgIpc) is 2.46. The van der Waals surface area contributed by atoms with Crippen molar-refractivity contribution in [2.75, 3.05) is 13.7 Å². The second kappa shape index (κ2) is 6.90. The standard InChI is InChI=1S/C16H23FO2/c1-3-10-19-16-9-6-13(11-15(16)17)12-4-7-14(18-2)8-5-12/h6,9,11-12,14H,3-5,7-8,10H2,1-2H3. The molecule has 0 saturated heterocycles. The number of hydrogen-bond acceptors (Lipinski definition) is 2. The first kappa shape index (κ1) is 14.3. The first-order valence-electron chi connectivity index (χ1n) is 7.19. The highest BCUT2D eigenvalue weighted by Crippen LogP contribution is 2.35. The Morgan fingerprint density at radius 3 is 2.53 bits per heavy atom. The highest BCUT2D eigenvalue weighted by atomic mass is 19.1. The molecule has 1 aliphatic carbocycles. The van der Waals surface area contributed by atoms with Crippen molar-refractivity contribution in [2.45, 2.75) is 51.0 Å². The van der Waals surface area contributed by atoms with Gasteiger partial charge in [0, 0.05) is 7.11 Å². The van der Waals surface area contributed by atoms with E-state index in [9.17, 15) is 4.39 Å². The van der Waals surface area contributed by atoms with E-state index in [2.05, 4.69) is 0 Å². The van der Waals surface area contributed by atoms with Crippen molar-refractivity contribution in [1.82, 2.24) is 0 Å². The van der Waals surface area contributed by atoms with Gasteiger partial charge in [0.1, 0.15) is 0 Å². The van der Waals surface area contributed by atoms with Gasteiger partial charge in [-0.25, -0.2) is 4.39 Å². The van der Waals surface area contributed by atoms with E-state index >= 15 is 0 Å². The zero-order valence-corrected chi connectivity index (χ0v) is 11.8.